The van der Waals surface area contributed by atoms with Gasteiger partial charge in [0.15, 0.2) is 0 Å². The third-order valence-electron chi connectivity index (χ3n) is 3.57. The number of aryl methyl sites for hydroxylation is 2. The summed E-state index contributed by atoms with van der Waals surface area (Å²) in [5.74, 6) is -0.00227. The van der Waals surface area contributed by atoms with Crippen LogP contribution in [-0.4, -0.2) is 27.9 Å². The lowest BCUT2D eigenvalue weighted by Crippen LogP contribution is -2.41. The van der Waals surface area contributed by atoms with Crippen LogP contribution in [0.4, 0.5) is 5.69 Å². The topological polar surface area (TPSA) is 59.2 Å². The summed E-state index contributed by atoms with van der Waals surface area (Å²) in [5, 5.41) is 0.918. The van der Waals surface area contributed by atoms with Gasteiger partial charge in [0.25, 0.3) is 5.91 Å². The molecule has 0 aromatic carbocycles. The molecule has 1 amide bonds. The number of anilines is 1. The van der Waals surface area contributed by atoms with Crippen molar-refractivity contribution in [2.24, 2.45) is 0 Å². The van der Waals surface area contributed by atoms with Gasteiger partial charge in [0, 0.05) is 23.2 Å². The van der Waals surface area contributed by atoms with Gasteiger partial charge in [0.1, 0.15) is 9.71 Å². The zero-order valence-corrected chi connectivity index (χ0v) is 14.3. The van der Waals surface area contributed by atoms with E-state index in [2.05, 4.69) is 4.98 Å². The van der Waals surface area contributed by atoms with Crippen LogP contribution in [0.15, 0.2) is 6.07 Å². The number of fused-ring (bicyclic) bond motifs is 1. The second-order valence-corrected chi connectivity index (χ2v) is 7.00. The molecule has 0 unspecified atom stereocenters. The number of nitrogens with two attached hydrogens (primary N) is 1. The molecule has 2 heterocycles. The van der Waals surface area contributed by atoms with Gasteiger partial charge in [0.05, 0.1) is 5.69 Å². The largest absolute Gasteiger partial charge is 0.397 e. The van der Waals surface area contributed by atoms with Crippen LogP contribution < -0.4 is 5.73 Å². The van der Waals surface area contributed by atoms with Crippen LogP contribution in [0.1, 0.15) is 48.6 Å². The van der Waals surface area contributed by atoms with Crippen LogP contribution in [0, 0.1) is 13.8 Å². The quantitative estimate of drug-likeness (QED) is 0.939. The van der Waals surface area contributed by atoms with Crippen molar-refractivity contribution >= 4 is 33.1 Å². The predicted molar refractivity (Wildman–Crippen MR) is 89.9 cm³/mol. The van der Waals surface area contributed by atoms with E-state index in [0.29, 0.717) is 10.6 Å². The Labute approximate surface area is 130 Å². The van der Waals surface area contributed by atoms with Crippen molar-refractivity contribution in [2.75, 3.05) is 5.73 Å². The molecular formula is C16H23N3OS. The first kappa shape index (κ1) is 15.8. The van der Waals surface area contributed by atoms with E-state index in [0.717, 1.165) is 21.5 Å². The molecule has 5 heteroatoms. The monoisotopic (exact) mass is 305 g/mol. The zero-order valence-electron chi connectivity index (χ0n) is 13.5. The molecule has 0 spiro atoms. The molecular weight excluding hydrogens is 282 g/mol. The molecule has 2 rings (SSSR count). The minimum Gasteiger partial charge on any atom is -0.397 e. The van der Waals surface area contributed by atoms with E-state index in [9.17, 15) is 4.79 Å². The van der Waals surface area contributed by atoms with Gasteiger partial charge < -0.3 is 10.6 Å². The molecule has 0 aliphatic rings. The molecule has 4 nitrogen and oxygen atoms in total. The molecule has 0 atom stereocenters. The number of aromatic nitrogens is 1. The Morgan fingerprint density at radius 1 is 1.24 bits per heavy atom. The summed E-state index contributed by atoms with van der Waals surface area (Å²) in [4.78, 5) is 20.7. The number of rotatable bonds is 3. The van der Waals surface area contributed by atoms with Gasteiger partial charge >= 0.3 is 0 Å². The zero-order chi connectivity index (χ0) is 15.9. The first-order valence-corrected chi connectivity index (χ1v) is 8.04. The Balaban J connectivity index is 2.59. The average Bonchev–Trinajstić information content (AvgIpc) is 2.65. The fourth-order valence-corrected chi connectivity index (χ4v) is 3.97. The number of hydrogen-bond donors (Lipinski definition) is 1. The number of nitrogen functional groups attached to an aromatic ring is 1. The van der Waals surface area contributed by atoms with Crippen LogP contribution in [0.25, 0.3) is 10.2 Å². The highest BCUT2D eigenvalue weighted by atomic mass is 32.1. The van der Waals surface area contributed by atoms with E-state index in [1.807, 2.05) is 52.5 Å². The summed E-state index contributed by atoms with van der Waals surface area (Å²) in [5.41, 5.74) is 8.84. The second-order valence-electron chi connectivity index (χ2n) is 6.01. The SMILES string of the molecule is Cc1cc(C)c2c(N)c(C(=O)N(C(C)C)C(C)C)sc2n1. The fraction of sp³-hybridized carbons (Fsp3) is 0.500. The summed E-state index contributed by atoms with van der Waals surface area (Å²) in [6, 6.07) is 2.28. The number of nitrogens with zero attached hydrogens (tertiary/aromatic N) is 2. The third kappa shape index (κ3) is 2.75. The molecule has 0 radical (unpaired) electrons. The second kappa shape index (κ2) is 5.64. The van der Waals surface area contributed by atoms with Crippen LogP contribution >= 0.6 is 11.3 Å². The molecule has 2 aromatic rings. The van der Waals surface area contributed by atoms with Crippen LogP contribution in [0.2, 0.25) is 0 Å². The third-order valence-corrected chi connectivity index (χ3v) is 4.65. The maximum atomic E-state index is 12.8. The van der Waals surface area contributed by atoms with Crippen LogP contribution in [0.5, 0.6) is 0 Å². The van der Waals surface area contributed by atoms with Gasteiger partial charge in [-0.15, -0.1) is 11.3 Å². The lowest BCUT2D eigenvalue weighted by Gasteiger charge is -2.30. The van der Waals surface area contributed by atoms with Crippen molar-refractivity contribution in [1.82, 2.24) is 9.88 Å². The van der Waals surface area contributed by atoms with Gasteiger partial charge in [-0.1, -0.05) is 0 Å². The maximum absolute atomic E-state index is 12.8. The molecule has 0 aliphatic heterocycles. The standard InChI is InChI=1S/C16H23N3OS/c1-8(2)19(9(3)4)16(20)14-13(17)12-10(5)7-11(6)18-15(12)21-14/h7-9H,17H2,1-6H3. The molecule has 0 fully saturated rings. The summed E-state index contributed by atoms with van der Waals surface area (Å²) in [6.45, 7) is 12.1. The number of thiophene rings is 1. The van der Waals surface area contributed by atoms with E-state index in [4.69, 9.17) is 5.73 Å². The van der Waals surface area contributed by atoms with Crippen molar-refractivity contribution < 1.29 is 4.79 Å². The molecule has 0 saturated carbocycles. The lowest BCUT2D eigenvalue weighted by atomic mass is 10.1. The van der Waals surface area contributed by atoms with E-state index in [1.54, 1.807) is 0 Å². The van der Waals surface area contributed by atoms with E-state index < -0.39 is 0 Å². The molecule has 2 N–H and O–H groups in total. The fourth-order valence-electron chi connectivity index (χ4n) is 2.81. The minimum atomic E-state index is -0.00227. The molecule has 114 valence electrons. The highest BCUT2D eigenvalue weighted by molar-refractivity contribution is 7.21. The minimum absolute atomic E-state index is 0.00227. The smallest absolute Gasteiger partial charge is 0.266 e. The van der Waals surface area contributed by atoms with Crippen molar-refractivity contribution in [3.05, 3.63) is 22.2 Å². The highest BCUT2D eigenvalue weighted by Gasteiger charge is 2.26. The van der Waals surface area contributed by atoms with E-state index in [-0.39, 0.29) is 18.0 Å². The summed E-state index contributed by atoms with van der Waals surface area (Å²) in [7, 11) is 0. The number of carbonyl (C=O) groups is 1. The molecule has 2 aromatic heterocycles. The van der Waals surface area contributed by atoms with Gasteiger partial charge in [-0.2, -0.15) is 0 Å². The molecule has 0 bridgehead atoms. The van der Waals surface area contributed by atoms with Crippen molar-refractivity contribution in [3.8, 4) is 0 Å². The summed E-state index contributed by atoms with van der Waals surface area (Å²) < 4.78 is 0. The first-order chi connectivity index (χ1) is 9.73. The normalized spacial score (nSPS) is 11.6. The molecule has 0 aliphatic carbocycles. The Hall–Kier alpha value is -1.62. The highest BCUT2D eigenvalue weighted by Crippen LogP contribution is 2.36. The van der Waals surface area contributed by atoms with Crippen LogP contribution in [0.3, 0.4) is 0 Å². The van der Waals surface area contributed by atoms with E-state index in [1.165, 1.54) is 11.3 Å². The average molecular weight is 305 g/mol. The number of amides is 1. The number of carbonyl (C=O) groups excluding carboxylic acids is 1. The first-order valence-electron chi connectivity index (χ1n) is 7.23. The maximum Gasteiger partial charge on any atom is 0.266 e. The Morgan fingerprint density at radius 3 is 2.33 bits per heavy atom. The molecule has 0 saturated heterocycles. The number of pyridine rings is 1. The van der Waals surface area contributed by atoms with Gasteiger partial charge in [-0.25, -0.2) is 4.98 Å². The van der Waals surface area contributed by atoms with Crippen molar-refractivity contribution in [2.45, 2.75) is 53.6 Å². The Kier molecular flexibility index (Phi) is 4.23. The van der Waals surface area contributed by atoms with Crippen LogP contribution in [-0.2, 0) is 0 Å². The Bertz CT molecular complexity index is 680. The van der Waals surface area contributed by atoms with Gasteiger partial charge in [-0.3, -0.25) is 4.79 Å². The number of hydrogen-bond acceptors (Lipinski definition) is 4. The predicted octanol–water partition coefficient (Wildman–Crippen LogP) is 3.75. The van der Waals surface area contributed by atoms with E-state index >= 15 is 0 Å². The Morgan fingerprint density at radius 2 is 1.81 bits per heavy atom. The van der Waals surface area contributed by atoms with Crippen molar-refractivity contribution in [1.29, 1.82) is 0 Å². The molecule has 21 heavy (non-hydrogen) atoms. The van der Waals surface area contributed by atoms with Gasteiger partial charge in [0.2, 0.25) is 0 Å². The van der Waals surface area contributed by atoms with Crippen molar-refractivity contribution in [3.63, 3.8) is 0 Å². The summed E-state index contributed by atoms with van der Waals surface area (Å²) >= 11 is 1.40. The summed E-state index contributed by atoms with van der Waals surface area (Å²) in [6.07, 6.45) is 0. The van der Waals surface area contributed by atoms with Gasteiger partial charge in [-0.05, 0) is 53.2 Å². The lowest BCUT2D eigenvalue weighted by molar-refractivity contribution is 0.0650.